The van der Waals surface area contributed by atoms with E-state index in [9.17, 15) is 9.18 Å². The summed E-state index contributed by atoms with van der Waals surface area (Å²) in [6, 6.07) is 4.24. The van der Waals surface area contributed by atoms with E-state index in [4.69, 9.17) is 11.6 Å². The van der Waals surface area contributed by atoms with Crippen LogP contribution in [0.4, 0.5) is 4.39 Å². The molecule has 0 aliphatic carbocycles. The second kappa shape index (κ2) is 6.21. The summed E-state index contributed by atoms with van der Waals surface area (Å²) in [5.41, 5.74) is 0.207. The van der Waals surface area contributed by atoms with Gasteiger partial charge in [0.05, 0.1) is 10.6 Å². The normalized spacial score (nSPS) is 10.2. The number of carbonyl (C=O) groups excluding carboxylic acids is 1. The third-order valence-electron chi connectivity index (χ3n) is 2.16. The number of alkyl halides is 1. The van der Waals surface area contributed by atoms with Gasteiger partial charge in [0.15, 0.2) is 0 Å². The van der Waals surface area contributed by atoms with Crippen molar-refractivity contribution in [1.82, 2.24) is 4.90 Å². The summed E-state index contributed by atoms with van der Waals surface area (Å²) < 4.78 is 13.1. The molecule has 1 aromatic carbocycles. The Bertz CT molecular complexity index is 386. The summed E-state index contributed by atoms with van der Waals surface area (Å²) in [6.45, 7) is 0.608. The van der Waals surface area contributed by atoms with Crippen molar-refractivity contribution in [2.45, 2.75) is 6.42 Å². The number of benzene rings is 1. The molecule has 0 atom stereocenters. The van der Waals surface area contributed by atoms with Crippen LogP contribution in [0.3, 0.4) is 0 Å². The van der Waals surface area contributed by atoms with E-state index in [0.29, 0.717) is 6.54 Å². The molecule has 0 saturated carbocycles. The zero-order valence-corrected chi connectivity index (χ0v) is 11.2. The van der Waals surface area contributed by atoms with Crippen LogP contribution in [0.2, 0.25) is 5.02 Å². The second-order valence-corrected chi connectivity index (χ2v) is 4.54. The van der Waals surface area contributed by atoms with Crippen molar-refractivity contribution >= 4 is 33.4 Å². The van der Waals surface area contributed by atoms with Gasteiger partial charge in [-0.05, 0) is 18.6 Å². The molecule has 0 aromatic heterocycles. The van der Waals surface area contributed by atoms with Crippen LogP contribution in [-0.4, -0.2) is 29.7 Å². The summed E-state index contributed by atoms with van der Waals surface area (Å²) in [5.74, 6) is -0.827. The fourth-order valence-corrected chi connectivity index (χ4v) is 1.73. The van der Waals surface area contributed by atoms with Gasteiger partial charge in [0.2, 0.25) is 0 Å². The number of hydrogen-bond acceptors (Lipinski definition) is 1. The maximum atomic E-state index is 13.1. The predicted octanol–water partition coefficient (Wildman–Crippen LogP) is 3.34. The highest BCUT2D eigenvalue weighted by Crippen LogP contribution is 2.20. The minimum Gasteiger partial charge on any atom is -0.342 e. The van der Waals surface area contributed by atoms with E-state index in [1.807, 2.05) is 0 Å². The molecule has 0 bridgehead atoms. The molecule has 5 heteroatoms. The minimum absolute atomic E-state index is 0.113. The summed E-state index contributed by atoms with van der Waals surface area (Å²) in [4.78, 5) is 13.4. The van der Waals surface area contributed by atoms with E-state index >= 15 is 0 Å². The quantitative estimate of drug-likeness (QED) is 0.781. The average molecular weight is 309 g/mol. The monoisotopic (exact) mass is 307 g/mol. The Morgan fingerprint density at radius 3 is 2.88 bits per heavy atom. The summed E-state index contributed by atoms with van der Waals surface area (Å²) in [7, 11) is 1.67. The van der Waals surface area contributed by atoms with Gasteiger partial charge in [0.25, 0.3) is 5.91 Å². The molecule has 0 aliphatic heterocycles. The first-order valence-electron chi connectivity index (χ1n) is 4.83. The molecule has 16 heavy (non-hydrogen) atoms. The van der Waals surface area contributed by atoms with Crippen LogP contribution < -0.4 is 0 Å². The van der Waals surface area contributed by atoms with Crippen molar-refractivity contribution in [1.29, 1.82) is 0 Å². The van der Waals surface area contributed by atoms with E-state index < -0.39 is 5.82 Å². The lowest BCUT2D eigenvalue weighted by molar-refractivity contribution is 0.0795. The number of hydrogen-bond donors (Lipinski definition) is 0. The Hall–Kier alpha value is -0.610. The van der Waals surface area contributed by atoms with Crippen molar-refractivity contribution in [2.75, 3.05) is 18.9 Å². The highest BCUT2D eigenvalue weighted by atomic mass is 79.9. The van der Waals surface area contributed by atoms with Gasteiger partial charge in [-0.25, -0.2) is 4.39 Å². The highest BCUT2D eigenvalue weighted by molar-refractivity contribution is 9.09. The van der Waals surface area contributed by atoms with E-state index in [2.05, 4.69) is 15.9 Å². The molecule has 0 fully saturated rings. The molecule has 2 nitrogen and oxygen atoms in total. The highest BCUT2D eigenvalue weighted by Gasteiger charge is 2.16. The fraction of sp³-hybridized carbons (Fsp3) is 0.364. The first-order chi connectivity index (χ1) is 7.57. The Morgan fingerprint density at radius 2 is 2.25 bits per heavy atom. The summed E-state index contributed by atoms with van der Waals surface area (Å²) in [5, 5.41) is 0.708. The number of halogens is 3. The molecule has 0 N–H and O–H groups in total. The van der Waals surface area contributed by atoms with Gasteiger partial charge in [0, 0.05) is 18.9 Å². The van der Waals surface area contributed by atoms with Crippen molar-refractivity contribution in [3.63, 3.8) is 0 Å². The number of rotatable bonds is 4. The van der Waals surface area contributed by atoms with Crippen LogP contribution in [0.1, 0.15) is 16.8 Å². The number of amides is 1. The lowest BCUT2D eigenvalue weighted by Gasteiger charge is -2.17. The molecule has 1 rings (SSSR count). The first kappa shape index (κ1) is 13.5. The van der Waals surface area contributed by atoms with Gasteiger partial charge in [-0.15, -0.1) is 0 Å². The van der Waals surface area contributed by atoms with E-state index in [0.717, 1.165) is 11.8 Å². The van der Waals surface area contributed by atoms with Crippen molar-refractivity contribution in [2.24, 2.45) is 0 Å². The van der Waals surface area contributed by atoms with Gasteiger partial charge in [0.1, 0.15) is 5.82 Å². The van der Waals surface area contributed by atoms with Crippen LogP contribution in [0, 0.1) is 5.82 Å². The molecule has 0 saturated heterocycles. The Balaban J connectivity index is 2.84. The Labute approximate surface area is 108 Å². The molecule has 0 aliphatic rings. The lowest BCUT2D eigenvalue weighted by Crippen LogP contribution is -2.28. The minimum atomic E-state index is -0.568. The van der Waals surface area contributed by atoms with E-state index in [1.54, 1.807) is 7.05 Å². The molecule has 1 aromatic rings. The summed E-state index contributed by atoms with van der Waals surface area (Å²) >= 11 is 9.02. The average Bonchev–Trinajstić information content (AvgIpc) is 2.28. The maximum absolute atomic E-state index is 13.1. The summed E-state index contributed by atoms with van der Waals surface area (Å²) in [6.07, 6.45) is 0.842. The van der Waals surface area contributed by atoms with E-state index in [1.165, 1.54) is 23.1 Å². The van der Waals surface area contributed by atoms with Crippen LogP contribution in [0.15, 0.2) is 18.2 Å². The molecule has 88 valence electrons. The molecule has 0 spiro atoms. The molecule has 1 amide bonds. The van der Waals surface area contributed by atoms with Gasteiger partial charge in [-0.1, -0.05) is 33.6 Å². The van der Waals surface area contributed by atoms with Crippen molar-refractivity contribution < 1.29 is 9.18 Å². The molecular weight excluding hydrogens is 296 g/mol. The smallest absolute Gasteiger partial charge is 0.255 e. The topological polar surface area (TPSA) is 20.3 Å². The van der Waals surface area contributed by atoms with Gasteiger partial charge in [-0.2, -0.15) is 0 Å². The van der Waals surface area contributed by atoms with Gasteiger partial charge >= 0.3 is 0 Å². The third kappa shape index (κ3) is 3.19. The molecular formula is C11H12BrClFNO. The standard InChI is InChI=1S/C11H12BrClFNO/c1-15(7-3-6-12)11(16)8-4-2-5-9(14)10(8)13/h2,4-5H,3,6-7H2,1H3. The van der Waals surface area contributed by atoms with Crippen LogP contribution in [0.5, 0.6) is 0 Å². The first-order valence-corrected chi connectivity index (χ1v) is 6.33. The predicted molar refractivity (Wildman–Crippen MR) is 66.8 cm³/mol. The van der Waals surface area contributed by atoms with Crippen LogP contribution in [-0.2, 0) is 0 Å². The maximum Gasteiger partial charge on any atom is 0.255 e. The SMILES string of the molecule is CN(CCCBr)C(=O)c1cccc(F)c1Cl. The van der Waals surface area contributed by atoms with Crippen LogP contribution in [0.25, 0.3) is 0 Å². The lowest BCUT2D eigenvalue weighted by atomic mass is 10.2. The van der Waals surface area contributed by atoms with Gasteiger partial charge < -0.3 is 4.90 Å². The van der Waals surface area contributed by atoms with Crippen molar-refractivity contribution in [3.8, 4) is 0 Å². The number of nitrogens with zero attached hydrogens (tertiary/aromatic N) is 1. The number of carbonyl (C=O) groups is 1. The second-order valence-electron chi connectivity index (χ2n) is 3.37. The molecule has 0 unspecified atom stereocenters. The fourth-order valence-electron chi connectivity index (χ4n) is 1.27. The van der Waals surface area contributed by atoms with Crippen molar-refractivity contribution in [3.05, 3.63) is 34.6 Å². The van der Waals surface area contributed by atoms with Crippen LogP contribution >= 0.6 is 27.5 Å². The Morgan fingerprint density at radius 1 is 1.56 bits per heavy atom. The zero-order chi connectivity index (χ0) is 12.1. The largest absolute Gasteiger partial charge is 0.342 e. The third-order valence-corrected chi connectivity index (χ3v) is 3.10. The van der Waals surface area contributed by atoms with E-state index in [-0.39, 0.29) is 16.5 Å². The molecule has 0 radical (unpaired) electrons. The molecule has 0 heterocycles. The zero-order valence-electron chi connectivity index (χ0n) is 8.84. The van der Waals surface area contributed by atoms with Gasteiger partial charge in [-0.3, -0.25) is 4.79 Å². The Kier molecular flexibility index (Phi) is 5.22.